The third-order valence-electron chi connectivity index (χ3n) is 5.92. The number of carbonyl (C=O) groups is 2. The lowest BCUT2D eigenvalue weighted by Gasteiger charge is -2.12. The minimum absolute atomic E-state index is 0.437. The highest BCUT2D eigenvalue weighted by molar-refractivity contribution is 5.89. The number of ether oxygens (including phenoxy) is 2. The SMILES string of the molecule is CCc1nn(C2CCCC2)c2cc(C3=C(C)C(C(=O)OCC(=O)OC)ON3)ccc12. The van der Waals surface area contributed by atoms with Crippen molar-refractivity contribution in [1.29, 1.82) is 0 Å². The predicted molar refractivity (Wildman–Crippen MR) is 110 cm³/mol. The number of nitrogens with one attached hydrogen (secondary N) is 1. The van der Waals surface area contributed by atoms with Crippen LogP contribution in [-0.2, 0) is 30.3 Å². The molecule has 0 spiro atoms. The molecule has 0 radical (unpaired) electrons. The van der Waals surface area contributed by atoms with Gasteiger partial charge in [-0.2, -0.15) is 5.10 Å². The lowest BCUT2D eigenvalue weighted by atomic mass is 10.0. The molecule has 4 rings (SSSR count). The summed E-state index contributed by atoms with van der Waals surface area (Å²) < 4.78 is 11.7. The van der Waals surface area contributed by atoms with Gasteiger partial charge in [0.05, 0.1) is 30.1 Å². The first-order valence-corrected chi connectivity index (χ1v) is 10.4. The molecule has 30 heavy (non-hydrogen) atoms. The molecule has 1 aliphatic carbocycles. The van der Waals surface area contributed by atoms with Crippen LogP contribution in [0.3, 0.4) is 0 Å². The van der Waals surface area contributed by atoms with Crippen molar-refractivity contribution in [2.45, 2.75) is 58.1 Å². The molecule has 1 aromatic heterocycles. The Morgan fingerprint density at radius 3 is 2.77 bits per heavy atom. The lowest BCUT2D eigenvalue weighted by Crippen LogP contribution is -2.28. The van der Waals surface area contributed by atoms with Crippen molar-refractivity contribution >= 4 is 28.5 Å². The maximum atomic E-state index is 12.3. The molecule has 2 aromatic rings. The molecule has 1 fully saturated rings. The molecule has 8 heteroatoms. The van der Waals surface area contributed by atoms with E-state index >= 15 is 0 Å². The number of aromatic nitrogens is 2. The maximum Gasteiger partial charge on any atom is 0.344 e. The fourth-order valence-corrected chi connectivity index (χ4v) is 4.24. The number of hydroxylamine groups is 1. The van der Waals surface area contributed by atoms with E-state index in [2.05, 4.69) is 34.0 Å². The Labute approximate surface area is 175 Å². The molecule has 1 aliphatic heterocycles. The third kappa shape index (κ3) is 3.67. The van der Waals surface area contributed by atoms with Crippen LogP contribution in [0.25, 0.3) is 16.6 Å². The van der Waals surface area contributed by atoms with Crippen molar-refractivity contribution in [3.63, 3.8) is 0 Å². The number of hydrogen-bond acceptors (Lipinski definition) is 7. The summed E-state index contributed by atoms with van der Waals surface area (Å²) >= 11 is 0. The lowest BCUT2D eigenvalue weighted by molar-refractivity contribution is -0.164. The summed E-state index contributed by atoms with van der Waals surface area (Å²) in [6, 6.07) is 6.65. The number of benzene rings is 1. The minimum atomic E-state index is -0.911. The molecule has 1 aromatic carbocycles. The second-order valence-corrected chi connectivity index (χ2v) is 7.76. The average Bonchev–Trinajstić information content (AvgIpc) is 3.49. The highest BCUT2D eigenvalue weighted by Gasteiger charge is 2.33. The molecular formula is C22H27N3O5. The molecule has 1 saturated carbocycles. The van der Waals surface area contributed by atoms with Crippen molar-refractivity contribution in [2.24, 2.45) is 0 Å². The largest absolute Gasteiger partial charge is 0.466 e. The Balaban J connectivity index is 1.64. The zero-order valence-electron chi connectivity index (χ0n) is 17.6. The zero-order valence-corrected chi connectivity index (χ0v) is 17.6. The molecule has 0 bridgehead atoms. The van der Waals surface area contributed by atoms with Crippen LogP contribution in [0.1, 0.15) is 56.8 Å². The van der Waals surface area contributed by atoms with Crippen LogP contribution in [0.5, 0.6) is 0 Å². The monoisotopic (exact) mass is 413 g/mol. The first kappa shape index (κ1) is 20.4. The van der Waals surface area contributed by atoms with E-state index in [1.807, 2.05) is 13.0 Å². The van der Waals surface area contributed by atoms with E-state index in [1.165, 1.54) is 25.3 Å². The smallest absolute Gasteiger partial charge is 0.344 e. The molecule has 1 unspecified atom stereocenters. The van der Waals surface area contributed by atoms with E-state index < -0.39 is 24.6 Å². The van der Waals surface area contributed by atoms with E-state index in [9.17, 15) is 9.59 Å². The van der Waals surface area contributed by atoms with Crippen molar-refractivity contribution in [2.75, 3.05) is 13.7 Å². The second kappa shape index (κ2) is 8.47. The normalized spacial score (nSPS) is 19.4. The molecule has 8 nitrogen and oxygen atoms in total. The molecule has 1 atom stereocenters. The van der Waals surface area contributed by atoms with Crippen molar-refractivity contribution in [3.8, 4) is 0 Å². The fraction of sp³-hybridized carbons (Fsp3) is 0.500. The van der Waals surface area contributed by atoms with E-state index in [-0.39, 0.29) is 0 Å². The van der Waals surface area contributed by atoms with E-state index in [0.717, 1.165) is 41.7 Å². The Bertz CT molecular complexity index is 1000. The van der Waals surface area contributed by atoms with Gasteiger partial charge in [-0.1, -0.05) is 31.9 Å². The van der Waals surface area contributed by atoms with Gasteiger partial charge in [0, 0.05) is 10.9 Å². The average molecular weight is 413 g/mol. The Morgan fingerprint density at radius 1 is 1.30 bits per heavy atom. The van der Waals surface area contributed by atoms with Gasteiger partial charge >= 0.3 is 11.9 Å². The van der Waals surface area contributed by atoms with Crippen LogP contribution in [0.2, 0.25) is 0 Å². The molecule has 160 valence electrons. The summed E-state index contributed by atoms with van der Waals surface area (Å²) in [5.41, 5.74) is 7.43. The topological polar surface area (TPSA) is 91.7 Å². The van der Waals surface area contributed by atoms with Gasteiger partial charge in [-0.15, -0.1) is 0 Å². The molecule has 0 saturated heterocycles. The standard InChI is InChI=1S/C22H27N3O5/c1-4-17-16-10-9-14(11-18(16)25(23-17)15-7-5-6-8-15)20-13(2)21(30-24-20)22(27)29-12-19(26)28-3/h9-11,15,21,24H,4-8,12H2,1-3H3. The van der Waals surface area contributed by atoms with Crippen LogP contribution in [0.4, 0.5) is 0 Å². The van der Waals surface area contributed by atoms with Gasteiger partial charge in [0.1, 0.15) is 0 Å². The van der Waals surface area contributed by atoms with Crippen LogP contribution in [-0.4, -0.2) is 41.5 Å². The van der Waals surface area contributed by atoms with Crippen molar-refractivity contribution < 1.29 is 23.9 Å². The molecule has 2 heterocycles. The van der Waals surface area contributed by atoms with Gasteiger partial charge in [0.15, 0.2) is 6.61 Å². The molecular weight excluding hydrogens is 386 g/mol. The van der Waals surface area contributed by atoms with Gasteiger partial charge in [-0.05, 0) is 37.8 Å². The van der Waals surface area contributed by atoms with Gasteiger partial charge in [-0.25, -0.2) is 9.59 Å². The fourth-order valence-electron chi connectivity index (χ4n) is 4.24. The predicted octanol–water partition coefficient (Wildman–Crippen LogP) is 3.06. The second-order valence-electron chi connectivity index (χ2n) is 7.76. The first-order chi connectivity index (χ1) is 14.5. The van der Waals surface area contributed by atoms with E-state index in [4.69, 9.17) is 14.7 Å². The van der Waals surface area contributed by atoms with E-state index in [0.29, 0.717) is 11.6 Å². The number of esters is 2. The van der Waals surface area contributed by atoms with Gasteiger partial charge in [0.25, 0.3) is 0 Å². The molecule has 1 N–H and O–H groups in total. The Kier molecular flexibility index (Phi) is 5.76. The van der Waals surface area contributed by atoms with Crippen molar-refractivity contribution in [1.82, 2.24) is 15.3 Å². The highest BCUT2D eigenvalue weighted by atomic mass is 16.7. The summed E-state index contributed by atoms with van der Waals surface area (Å²) in [7, 11) is 1.24. The van der Waals surface area contributed by atoms with Crippen LogP contribution in [0.15, 0.2) is 23.8 Å². The molecule has 0 amide bonds. The maximum absolute atomic E-state index is 12.3. The number of fused-ring (bicyclic) bond motifs is 1. The van der Waals surface area contributed by atoms with Gasteiger partial charge in [0.2, 0.25) is 6.10 Å². The van der Waals surface area contributed by atoms with E-state index in [1.54, 1.807) is 0 Å². The van der Waals surface area contributed by atoms with Gasteiger partial charge < -0.3 is 9.47 Å². The number of rotatable bonds is 6. The number of methoxy groups -OCH3 is 1. The van der Waals surface area contributed by atoms with Crippen LogP contribution < -0.4 is 5.48 Å². The van der Waals surface area contributed by atoms with Gasteiger partial charge in [-0.3, -0.25) is 15.0 Å². The quantitative estimate of drug-likeness (QED) is 0.728. The highest BCUT2D eigenvalue weighted by Crippen LogP contribution is 2.35. The number of aryl methyl sites for hydroxylation is 1. The number of carbonyl (C=O) groups excluding carboxylic acids is 2. The first-order valence-electron chi connectivity index (χ1n) is 10.4. The number of nitrogens with zero attached hydrogens (tertiary/aromatic N) is 2. The van der Waals surface area contributed by atoms with Crippen molar-refractivity contribution in [3.05, 3.63) is 35.0 Å². The summed E-state index contributed by atoms with van der Waals surface area (Å²) in [5.74, 6) is -1.25. The third-order valence-corrected chi connectivity index (χ3v) is 5.92. The number of hydrogen-bond donors (Lipinski definition) is 1. The molecule has 2 aliphatic rings. The summed E-state index contributed by atoms with van der Waals surface area (Å²) in [4.78, 5) is 29.0. The Hall–Kier alpha value is -2.87. The Morgan fingerprint density at radius 2 is 2.07 bits per heavy atom. The summed E-state index contributed by atoms with van der Waals surface area (Å²) in [5, 5.41) is 6.07. The van der Waals surface area contributed by atoms with Crippen LogP contribution >= 0.6 is 0 Å². The summed E-state index contributed by atoms with van der Waals surface area (Å²) in [6.45, 7) is 3.50. The zero-order chi connectivity index (χ0) is 21.3. The van der Waals surface area contributed by atoms with Crippen LogP contribution in [0, 0.1) is 0 Å². The summed E-state index contributed by atoms with van der Waals surface area (Å²) in [6.07, 6.45) is 4.76. The minimum Gasteiger partial charge on any atom is -0.466 e.